The zero-order valence-electron chi connectivity index (χ0n) is 21.9. The summed E-state index contributed by atoms with van der Waals surface area (Å²) in [6.45, 7) is -8.21. The first-order valence-electron chi connectivity index (χ1n) is 12.9. The Morgan fingerprint density at radius 3 is 2.44 bits per heavy atom. The maximum Gasteiger partial charge on any atom is 0.325 e. The van der Waals surface area contributed by atoms with Gasteiger partial charge < -0.3 is 48.8 Å². The van der Waals surface area contributed by atoms with E-state index >= 15 is 0 Å². The Morgan fingerprint density at radius 1 is 0.907 bits per heavy atom. The third-order valence-electron chi connectivity index (χ3n) is 7.22. The predicted octanol–water partition coefficient (Wildman–Crippen LogP) is 0.555. The average molecular weight is 674 g/mol. The highest BCUT2D eigenvalue weighted by atomic mass is 32.5. The number of nitrogen functional groups attached to an aromatic ring is 2. The highest BCUT2D eigenvalue weighted by Gasteiger charge is 2.46. The van der Waals surface area contributed by atoms with Crippen LogP contribution in [0.15, 0.2) is 29.7 Å². The second-order valence-electron chi connectivity index (χ2n) is 10.1. The second kappa shape index (κ2) is 10.9. The molecule has 7 heterocycles. The van der Waals surface area contributed by atoms with Gasteiger partial charge in [0, 0.05) is 19.0 Å². The number of ether oxygens (including phenoxy) is 2. The number of H-pyrrole nitrogens is 1. The topological polar surface area (TPSA) is 242 Å². The molecule has 230 valence electrons. The van der Waals surface area contributed by atoms with Crippen LogP contribution in [-0.4, -0.2) is 81.5 Å². The lowest BCUT2D eigenvalue weighted by Gasteiger charge is -2.27. The minimum absolute atomic E-state index is 0.0205. The van der Waals surface area contributed by atoms with Crippen molar-refractivity contribution in [2.45, 2.75) is 49.7 Å². The van der Waals surface area contributed by atoms with E-state index in [0.717, 1.165) is 0 Å². The third kappa shape index (κ3) is 5.63. The molecule has 8 atom stereocenters. The number of fused-ring (bicyclic) bond motifs is 5. The van der Waals surface area contributed by atoms with Gasteiger partial charge in [-0.2, -0.15) is 4.98 Å². The van der Waals surface area contributed by atoms with Crippen molar-refractivity contribution >= 4 is 71.0 Å². The summed E-state index contributed by atoms with van der Waals surface area (Å²) in [7, 11) is 0. The van der Waals surface area contributed by atoms with E-state index in [0.29, 0.717) is 16.9 Å². The average Bonchev–Trinajstić information content (AvgIpc) is 3.71. The number of nitrogens with two attached hydrogens (primary N) is 2. The molecule has 0 saturated carbocycles. The first-order chi connectivity index (χ1) is 20.5. The molecule has 0 aromatic carbocycles. The lowest BCUT2D eigenvalue weighted by Crippen LogP contribution is -2.29. The van der Waals surface area contributed by atoms with Crippen LogP contribution in [0.4, 0.5) is 11.6 Å². The van der Waals surface area contributed by atoms with Crippen molar-refractivity contribution in [1.29, 1.82) is 0 Å². The van der Waals surface area contributed by atoms with E-state index in [9.17, 15) is 14.6 Å². The Labute approximate surface area is 251 Å². The molecule has 3 aliphatic heterocycles. The van der Waals surface area contributed by atoms with Crippen LogP contribution in [-0.2, 0) is 51.2 Å². The summed E-state index contributed by atoms with van der Waals surface area (Å²) < 4.78 is 38.7. The van der Waals surface area contributed by atoms with E-state index in [1.54, 1.807) is 16.8 Å². The molecule has 43 heavy (non-hydrogen) atoms. The van der Waals surface area contributed by atoms with Gasteiger partial charge in [0.1, 0.15) is 24.0 Å². The number of hydrogen-bond acceptors (Lipinski definition) is 15. The van der Waals surface area contributed by atoms with E-state index in [1.807, 2.05) is 0 Å². The standard InChI is InChI=1S/C21H25N9O9P2S2/c22-10-1-2-24-17-15(10)25-7-29(17)14-4-11-13(37-14)6-35-41(33,43)39-12-3-9(5-34-40(32,42)38-11)36-20(12)30-8-26-16-18(30)27-21(23)28-19(16)31/h1-2,7-9,11-14,20H,3-6H2,(H2,22,24)(H,32,42)(H,33,43)(H3,23,27,28,31)/t9-,11-,12+,13?,14+,20+,40?,41?/m0/s1. The Balaban J connectivity index is 1.17. The summed E-state index contributed by atoms with van der Waals surface area (Å²) in [6, 6.07) is 1.64. The zero-order valence-corrected chi connectivity index (χ0v) is 25.3. The van der Waals surface area contributed by atoms with E-state index in [1.165, 1.54) is 17.2 Å². The van der Waals surface area contributed by atoms with Crippen molar-refractivity contribution in [3.8, 4) is 0 Å². The molecule has 0 aliphatic carbocycles. The van der Waals surface area contributed by atoms with Crippen LogP contribution in [0.3, 0.4) is 0 Å². The Morgan fingerprint density at radius 2 is 1.63 bits per heavy atom. The predicted molar refractivity (Wildman–Crippen MR) is 156 cm³/mol. The summed E-state index contributed by atoms with van der Waals surface area (Å²) in [6.07, 6.45) is -0.0983. The number of aromatic amines is 1. The molecule has 22 heteroatoms. The van der Waals surface area contributed by atoms with Gasteiger partial charge in [-0.15, -0.1) is 0 Å². The number of aromatic nitrogens is 7. The maximum absolute atomic E-state index is 12.3. The van der Waals surface area contributed by atoms with Crippen molar-refractivity contribution in [2.24, 2.45) is 0 Å². The van der Waals surface area contributed by atoms with Gasteiger partial charge in [0.25, 0.3) is 5.56 Å². The molecule has 0 radical (unpaired) electrons. The molecule has 3 saturated heterocycles. The molecule has 0 amide bonds. The van der Waals surface area contributed by atoms with Gasteiger partial charge in [-0.3, -0.25) is 18.9 Å². The van der Waals surface area contributed by atoms with Gasteiger partial charge in [0.2, 0.25) is 5.95 Å². The van der Waals surface area contributed by atoms with Crippen molar-refractivity contribution in [3.63, 3.8) is 0 Å². The molecule has 7 rings (SSSR count). The normalized spacial score (nSPS) is 35.4. The summed E-state index contributed by atoms with van der Waals surface area (Å²) in [5.74, 6) is -0.127. The fourth-order valence-corrected chi connectivity index (χ4v) is 8.27. The molecule has 4 aromatic rings. The highest BCUT2D eigenvalue weighted by Crippen LogP contribution is 2.54. The van der Waals surface area contributed by atoms with E-state index in [4.69, 9.17) is 62.6 Å². The molecule has 0 spiro atoms. The van der Waals surface area contributed by atoms with Gasteiger partial charge in [-0.1, -0.05) is 0 Å². The van der Waals surface area contributed by atoms with Gasteiger partial charge in [-0.05, 0) is 29.7 Å². The number of anilines is 2. The van der Waals surface area contributed by atoms with Crippen LogP contribution in [0, 0.1) is 0 Å². The van der Waals surface area contributed by atoms with Crippen LogP contribution < -0.4 is 17.0 Å². The lowest BCUT2D eigenvalue weighted by atomic mass is 10.2. The fourth-order valence-electron chi connectivity index (χ4n) is 5.34. The fraction of sp³-hybridized carbons (Fsp3) is 0.476. The quantitative estimate of drug-likeness (QED) is 0.183. The Hall–Kier alpha value is -2.45. The molecular formula is C21H25N9O9P2S2. The minimum atomic E-state index is -3.92. The number of imidazole rings is 2. The monoisotopic (exact) mass is 673 g/mol. The van der Waals surface area contributed by atoms with Gasteiger partial charge in [-0.25, -0.2) is 15.0 Å². The number of nitrogens with zero attached hydrogens (tertiary/aromatic N) is 6. The first kappa shape index (κ1) is 29.3. The highest BCUT2D eigenvalue weighted by molar-refractivity contribution is 8.07. The minimum Gasteiger partial charge on any atom is -0.397 e. The summed E-state index contributed by atoms with van der Waals surface area (Å²) in [5.41, 5.74) is 12.8. The van der Waals surface area contributed by atoms with Crippen LogP contribution in [0.1, 0.15) is 25.3 Å². The number of rotatable bonds is 2. The van der Waals surface area contributed by atoms with E-state index in [-0.39, 0.29) is 43.2 Å². The smallest absolute Gasteiger partial charge is 0.325 e. The van der Waals surface area contributed by atoms with Crippen LogP contribution in [0.2, 0.25) is 0 Å². The third-order valence-corrected chi connectivity index (χ3v) is 10.4. The van der Waals surface area contributed by atoms with Crippen molar-refractivity contribution in [1.82, 2.24) is 34.1 Å². The van der Waals surface area contributed by atoms with Crippen LogP contribution in [0.5, 0.6) is 0 Å². The van der Waals surface area contributed by atoms with Gasteiger partial charge in [0.15, 0.2) is 23.0 Å². The first-order valence-corrected chi connectivity index (χ1v) is 18.1. The molecule has 4 aromatic heterocycles. The van der Waals surface area contributed by atoms with Crippen LogP contribution in [0.25, 0.3) is 22.3 Å². The number of pyridine rings is 1. The van der Waals surface area contributed by atoms with Crippen molar-refractivity contribution in [3.05, 3.63) is 35.3 Å². The molecule has 18 nitrogen and oxygen atoms in total. The molecule has 2 bridgehead atoms. The zero-order chi connectivity index (χ0) is 30.1. The van der Waals surface area contributed by atoms with E-state index < -0.39 is 55.9 Å². The van der Waals surface area contributed by atoms with Crippen molar-refractivity contribution in [2.75, 3.05) is 24.7 Å². The largest absolute Gasteiger partial charge is 0.397 e. The molecule has 3 fully saturated rings. The lowest BCUT2D eigenvalue weighted by molar-refractivity contribution is -0.0594. The Kier molecular flexibility index (Phi) is 7.40. The Bertz CT molecular complexity index is 1870. The van der Waals surface area contributed by atoms with Crippen molar-refractivity contribution < 1.29 is 37.4 Å². The van der Waals surface area contributed by atoms with Crippen LogP contribution >= 0.6 is 13.4 Å². The molecular weight excluding hydrogens is 648 g/mol. The van der Waals surface area contributed by atoms with Gasteiger partial charge >= 0.3 is 13.4 Å². The summed E-state index contributed by atoms with van der Waals surface area (Å²) >= 11 is 10.7. The number of nitrogens with one attached hydrogen (secondary N) is 1. The molecule has 7 N–H and O–H groups in total. The molecule has 3 aliphatic rings. The van der Waals surface area contributed by atoms with E-state index in [2.05, 4.69) is 24.9 Å². The SMILES string of the molecule is Nc1nc2c(ncn2[C@@H]2O[C@@H]3COP(O)(=S)O[C@H]4C[C@H](n5cnc6c(N)ccnc65)OC4COP(O)(=S)O[C@@H]2C3)c(=O)[nH]1. The summed E-state index contributed by atoms with van der Waals surface area (Å²) in [5, 5.41) is 0. The maximum atomic E-state index is 12.3. The molecule has 3 unspecified atom stereocenters. The second-order valence-corrected chi connectivity index (χ2v) is 15.6. The summed E-state index contributed by atoms with van der Waals surface area (Å²) in [4.78, 5) is 53.7. The number of hydrogen-bond donors (Lipinski definition) is 5. The van der Waals surface area contributed by atoms with Gasteiger partial charge in [0.05, 0.1) is 43.8 Å².